The Morgan fingerprint density at radius 1 is 0.479 bits per heavy atom. The Morgan fingerprint density at radius 3 is 1.85 bits per heavy atom. The van der Waals surface area contributed by atoms with Crippen molar-refractivity contribution in [1.82, 2.24) is 0 Å². The molecule has 3 nitrogen and oxygen atoms in total. The van der Waals surface area contributed by atoms with Crippen LogP contribution >= 0.6 is 0 Å². The van der Waals surface area contributed by atoms with Crippen LogP contribution in [-0.4, -0.2) is 6.85 Å². The van der Waals surface area contributed by atoms with Gasteiger partial charge in [-0.05, 0) is 150 Å². The molecule has 0 N–H and O–H groups in total. The van der Waals surface area contributed by atoms with Crippen molar-refractivity contribution in [2.45, 2.75) is 123 Å². The van der Waals surface area contributed by atoms with Crippen molar-refractivity contribution in [3.05, 3.63) is 185 Å². The van der Waals surface area contributed by atoms with E-state index < -0.39 is 0 Å². The molecular weight excluding hydrogens is 860 g/mol. The summed E-state index contributed by atoms with van der Waals surface area (Å²) in [6.45, 7) is 28.5. The minimum atomic E-state index is -0.205. The van der Waals surface area contributed by atoms with Crippen LogP contribution in [0.3, 0.4) is 0 Å². The Morgan fingerprint density at radius 2 is 1.13 bits per heavy atom. The first-order valence-electron chi connectivity index (χ1n) is 26.1. The van der Waals surface area contributed by atoms with E-state index in [0.29, 0.717) is 0 Å². The Bertz CT molecular complexity index is 3710. The van der Waals surface area contributed by atoms with E-state index in [1.165, 1.54) is 100 Å². The summed E-state index contributed by atoms with van der Waals surface area (Å²) in [7, 11) is 0. The first kappa shape index (κ1) is 44.2. The summed E-state index contributed by atoms with van der Waals surface area (Å²) in [5.41, 5.74) is 26.2. The lowest BCUT2D eigenvalue weighted by Crippen LogP contribution is -2.62. The number of rotatable bonds is 3. The van der Waals surface area contributed by atoms with Gasteiger partial charge in [0.1, 0.15) is 11.2 Å². The summed E-state index contributed by atoms with van der Waals surface area (Å²) >= 11 is 0. The normalized spacial score (nSPS) is 16.9. The molecular formula is C67H65BN2O. The molecule has 2 aliphatic carbocycles. The van der Waals surface area contributed by atoms with E-state index in [-0.39, 0.29) is 33.9 Å². The third-order valence-corrected chi connectivity index (χ3v) is 17.4. The third kappa shape index (κ3) is 6.35. The van der Waals surface area contributed by atoms with Gasteiger partial charge < -0.3 is 14.1 Å². The fourth-order valence-corrected chi connectivity index (χ4v) is 13.2. The molecule has 13 rings (SSSR count). The van der Waals surface area contributed by atoms with Gasteiger partial charge in [0.05, 0.1) is 5.69 Å². The molecule has 0 radical (unpaired) electrons. The summed E-state index contributed by atoms with van der Waals surface area (Å²) in [4.78, 5) is 5.38. The van der Waals surface area contributed by atoms with E-state index in [0.717, 1.165) is 40.8 Å². The predicted octanol–water partition coefficient (Wildman–Crippen LogP) is 17.2. The second kappa shape index (κ2) is 14.7. The molecule has 0 saturated carbocycles. The van der Waals surface area contributed by atoms with Crippen LogP contribution in [0.15, 0.2) is 156 Å². The maximum atomic E-state index is 7.14. The Hall–Kier alpha value is -6.78. The predicted molar refractivity (Wildman–Crippen MR) is 303 cm³/mol. The molecule has 8 aromatic carbocycles. The van der Waals surface area contributed by atoms with Gasteiger partial charge in [-0.15, -0.1) is 0 Å². The topological polar surface area (TPSA) is 19.6 Å². The van der Waals surface area contributed by atoms with Crippen LogP contribution < -0.4 is 20.6 Å². The Balaban J connectivity index is 1.23. The number of fused-ring (bicyclic) bond motifs is 12. The average molecular weight is 925 g/mol. The zero-order valence-corrected chi connectivity index (χ0v) is 43.7. The highest BCUT2D eigenvalue weighted by molar-refractivity contribution is 6.94. The summed E-state index contributed by atoms with van der Waals surface area (Å²) in [6, 6.07) is 58.6. The fourth-order valence-electron chi connectivity index (χ4n) is 13.2. The highest BCUT2D eigenvalue weighted by atomic mass is 16.3. The quantitative estimate of drug-likeness (QED) is 0.165. The lowest BCUT2D eigenvalue weighted by Gasteiger charge is -2.48. The molecule has 0 unspecified atom stereocenters. The molecule has 4 heteroatoms. The molecule has 0 bridgehead atoms. The van der Waals surface area contributed by atoms with Crippen molar-refractivity contribution in [3.63, 3.8) is 0 Å². The number of furan rings is 1. The van der Waals surface area contributed by atoms with Gasteiger partial charge in [-0.1, -0.05) is 180 Å². The zero-order chi connectivity index (χ0) is 49.3. The molecule has 9 aromatic rings. The highest BCUT2D eigenvalue weighted by Crippen LogP contribution is 2.58. The SMILES string of the molecule is CC(C)(C)c1ccc(N2B3c4cc5c(cc4N(c4ccc(C(C)(C)C)cc4-c4ccccc4)c4cc6oc7ccccc7c6c(c43)-c3cc4c(cc32)C(C)(C)CCC4(C)C)-c2ccccc2C5(C)C)cc1. The number of para-hydroxylation sites is 1. The van der Waals surface area contributed by atoms with E-state index in [1.807, 2.05) is 0 Å². The number of anilines is 5. The van der Waals surface area contributed by atoms with Crippen LogP contribution in [0.5, 0.6) is 0 Å². The molecule has 1 aromatic heterocycles. The lowest BCUT2D eigenvalue weighted by molar-refractivity contribution is 0.332. The molecule has 0 spiro atoms. The lowest BCUT2D eigenvalue weighted by atomic mass is 9.42. The van der Waals surface area contributed by atoms with Crippen molar-refractivity contribution in [3.8, 4) is 33.4 Å². The summed E-state index contributed by atoms with van der Waals surface area (Å²) in [5, 5.41) is 2.36. The van der Waals surface area contributed by atoms with E-state index in [1.54, 1.807) is 0 Å². The van der Waals surface area contributed by atoms with Gasteiger partial charge in [0.15, 0.2) is 0 Å². The molecule has 3 heterocycles. The summed E-state index contributed by atoms with van der Waals surface area (Å²) in [5.74, 6) is 0. The van der Waals surface area contributed by atoms with Gasteiger partial charge in [0.25, 0.3) is 0 Å². The van der Waals surface area contributed by atoms with Gasteiger partial charge in [-0.25, -0.2) is 0 Å². The van der Waals surface area contributed by atoms with Crippen LogP contribution in [-0.2, 0) is 27.1 Å². The van der Waals surface area contributed by atoms with E-state index in [4.69, 9.17) is 4.42 Å². The van der Waals surface area contributed by atoms with E-state index in [2.05, 4.69) is 244 Å². The van der Waals surface area contributed by atoms with Crippen molar-refractivity contribution in [2.75, 3.05) is 9.71 Å². The number of hydrogen-bond donors (Lipinski definition) is 0. The van der Waals surface area contributed by atoms with Crippen molar-refractivity contribution < 1.29 is 4.42 Å². The second-order valence-electron chi connectivity index (χ2n) is 25.2. The smallest absolute Gasteiger partial charge is 0.333 e. The molecule has 352 valence electrons. The number of hydrogen-bond acceptors (Lipinski definition) is 3. The van der Waals surface area contributed by atoms with Crippen LogP contribution in [0, 0.1) is 0 Å². The first-order valence-corrected chi connectivity index (χ1v) is 26.1. The van der Waals surface area contributed by atoms with Crippen molar-refractivity contribution in [2.24, 2.45) is 0 Å². The molecule has 0 amide bonds. The molecule has 71 heavy (non-hydrogen) atoms. The molecule has 0 fully saturated rings. The zero-order valence-electron chi connectivity index (χ0n) is 43.7. The van der Waals surface area contributed by atoms with Gasteiger partial charge in [-0.2, -0.15) is 0 Å². The van der Waals surface area contributed by atoms with Gasteiger partial charge >= 0.3 is 6.85 Å². The minimum Gasteiger partial charge on any atom is -0.456 e. The second-order valence-corrected chi connectivity index (χ2v) is 25.2. The minimum absolute atomic E-state index is 0.00149. The molecule has 0 atom stereocenters. The third-order valence-electron chi connectivity index (χ3n) is 17.4. The van der Waals surface area contributed by atoms with Gasteiger partial charge in [0.2, 0.25) is 0 Å². The van der Waals surface area contributed by atoms with E-state index in [9.17, 15) is 0 Å². The van der Waals surface area contributed by atoms with Crippen LogP contribution in [0.4, 0.5) is 28.4 Å². The highest BCUT2D eigenvalue weighted by Gasteiger charge is 2.50. The maximum Gasteiger partial charge on any atom is 0.333 e. The van der Waals surface area contributed by atoms with Crippen molar-refractivity contribution >= 4 is 68.1 Å². The fraction of sp³-hybridized carbons (Fsp3) is 0.284. The van der Waals surface area contributed by atoms with Gasteiger partial charge in [0, 0.05) is 56.1 Å². The first-order chi connectivity index (χ1) is 33.7. The Kier molecular flexibility index (Phi) is 9.12. The standard InChI is InChI=1S/C67H65BN2O/c1-63(2,3)41-26-29-43(30-27-41)70-55-38-52-51(65(7,8)32-33-66(52,9)10)35-48(55)61-60-45-23-17-19-25-58(45)71-59(60)39-57-62(61)68(70)53-37-50-47(44-22-16-18-24-49(44)67(50,11)12)36-56(53)69(57)54-31-28-42(64(4,5)6)34-46(54)40-20-14-13-15-21-40/h13-31,34-39H,32-33H2,1-12H3. The maximum absolute atomic E-state index is 7.14. The Labute approximate surface area is 421 Å². The number of nitrogens with zero attached hydrogens (tertiary/aromatic N) is 2. The van der Waals surface area contributed by atoms with Crippen LogP contribution in [0.1, 0.15) is 129 Å². The molecule has 0 saturated heterocycles. The molecule has 4 aliphatic rings. The van der Waals surface area contributed by atoms with E-state index >= 15 is 0 Å². The monoisotopic (exact) mass is 925 g/mol. The van der Waals surface area contributed by atoms with Gasteiger partial charge in [-0.3, -0.25) is 0 Å². The average Bonchev–Trinajstić information content (AvgIpc) is 3.82. The largest absolute Gasteiger partial charge is 0.456 e. The summed E-state index contributed by atoms with van der Waals surface area (Å²) in [6.07, 6.45) is 2.28. The van der Waals surface area contributed by atoms with Crippen molar-refractivity contribution in [1.29, 1.82) is 0 Å². The number of benzene rings is 8. The van der Waals surface area contributed by atoms with Crippen LogP contribution in [0.25, 0.3) is 55.3 Å². The van der Waals surface area contributed by atoms with Crippen LogP contribution in [0.2, 0.25) is 0 Å². The molecule has 2 aliphatic heterocycles. The summed E-state index contributed by atoms with van der Waals surface area (Å²) < 4.78 is 7.14.